The molecule has 7 nitrogen and oxygen atoms in total. The highest BCUT2D eigenvalue weighted by atomic mass is 16.5. The lowest BCUT2D eigenvalue weighted by molar-refractivity contribution is -0.139. The van der Waals surface area contributed by atoms with Crippen LogP contribution in [0.1, 0.15) is 17.0 Å². The van der Waals surface area contributed by atoms with E-state index >= 15 is 0 Å². The Morgan fingerprint density at radius 3 is 2.14 bits per heavy atom. The first-order valence-corrected chi connectivity index (χ1v) is 11.2. The van der Waals surface area contributed by atoms with Gasteiger partial charge in [0.2, 0.25) is 0 Å². The molecule has 0 aliphatic carbocycles. The lowest BCUT2D eigenvalue weighted by atomic mass is 9.81. The Hall–Kier alpha value is -4.83. The van der Waals surface area contributed by atoms with Gasteiger partial charge in [0.25, 0.3) is 0 Å². The van der Waals surface area contributed by atoms with Crippen LogP contribution in [-0.4, -0.2) is 26.2 Å². The Balaban J connectivity index is 1.94. The normalized spacial score (nSPS) is 15.4. The zero-order valence-corrected chi connectivity index (χ0v) is 20.2. The van der Waals surface area contributed by atoms with Crippen molar-refractivity contribution in [1.82, 2.24) is 0 Å². The number of carbonyl (C=O) groups excluding carboxylic acids is 2. The number of methoxy groups -OCH3 is 2. The number of anilines is 1. The number of carbonyl (C=O) groups is 2. The van der Waals surface area contributed by atoms with Crippen molar-refractivity contribution in [2.24, 2.45) is 5.73 Å². The van der Waals surface area contributed by atoms with E-state index in [1.165, 1.54) is 19.1 Å². The molecule has 180 valence electrons. The summed E-state index contributed by atoms with van der Waals surface area (Å²) >= 11 is 0. The van der Waals surface area contributed by atoms with Crippen molar-refractivity contribution in [2.45, 2.75) is 12.8 Å². The molecule has 3 aromatic carbocycles. The summed E-state index contributed by atoms with van der Waals surface area (Å²) in [5, 5.41) is 10.1. The van der Waals surface area contributed by atoms with Crippen LogP contribution in [0.4, 0.5) is 5.69 Å². The quantitative estimate of drug-likeness (QED) is 0.535. The van der Waals surface area contributed by atoms with Crippen LogP contribution in [0.25, 0.3) is 11.1 Å². The van der Waals surface area contributed by atoms with Gasteiger partial charge in [-0.1, -0.05) is 72.3 Å². The van der Waals surface area contributed by atoms with Gasteiger partial charge < -0.3 is 15.2 Å². The van der Waals surface area contributed by atoms with Crippen LogP contribution < -0.4 is 10.6 Å². The maximum atomic E-state index is 13.1. The van der Waals surface area contributed by atoms with Crippen LogP contribution in [0, 0.1) is 18.3 Å². The van der Waals surface area contributed by atoms with Crippen molar-refractivity contribution in [3.8, 4) is 17.2 Å². The number of hydrogen-bond acceptors (Lipinski definition) is 7. The number of nitrogens with two attached hydrogens (primary N) is 1. The van der Waals surface area contributed by atoms with Crippen LogP contribution in [-0.2, 0) is 19.1 Å². The summed E-state index contributed by atoms with van der Waals surface area (Å²) in [6.45, 7) is 2.02. The number of allylic oxidation sites excluding steroid dienone is 1. The third-order valence-electron chi connectivity index (χ3n) is 6.09. The molecule has 3 aromatic rings. The van der Waals surface area contributed by atoms with Gasteiger partial charge in [-0.15, -0.1) is 0 Å². The fraction of sp³-hybridized carbons (Fsp3) is 0.138. The second kappa shape index (κ2) is 10.2. The van der Waals surface area contributed by atoms with E-state index in [-0.39, 0.29) is 22.7 Å². The first-order valence-electron chi connectivity index (χ1n) is 11.2. The fourth-order valence-electron chi connectivity index (χ4n) is 4.41. The lowest BCUT2D eigenvalue weighted by Crippen LogP contribution is -2.40. The molecule has 2 N–H and O–H groups in total. The van der Waals surface area contributed by atoms with Crippen molar-refractivity contribution in [2.75, 3.05) is 19.1 Å². The van der Waals surface area contributed by atoms with E-state index in [4.69, 9.17) is 15.2 Å². The Kier molecular flexibility index (Phi) is 6.88. The fourth-order valence-corrected chi connectivity index (χ4v) is 4.41. The molecule has 0 saturated heterocycles. The highest BCUT2D eigenvalue weighted by molar-refractivity contribution is 6.06. The number of nitriles is 1. The highest BCUT2D eigenvalue weighted by Crippen LogP contribution is 2.43. The van der Waals surface area contributed by atoms with Crippen molar-refractivity contribution < 1.29 is 19.1 Å². The molecule has 1 heterocycles. The summed E-state index contributed by atoms with van der Waals surface area (Å²) in [7, 11) is 2.45. The SMILES string of the molecule is COC(=O)C1=C(C(=O)OC)N(c2ccc(-c3cccc(C)c3)cc2)C(N)=C(C#N)C1c1ccccc1. The predicted octanol–water partition coefficient (Wildman–Crippen LogP) is 4.56. The Labute approximate surface area is 209 Å². The summed E-state index contributed by atoms with van der Waals surface area (Å²) in [4.78, 5) is 27.6. The van der Waals surface area contributed by atoms with Gasteiger partial charge in [0, 0.05) is 5.69 Å². The average molecular weight is 480 g/mol. The second-order valence-electron chi connectivity index (χ2n) is 8.25. The minimum Gasteiger partial charge on any atom is -0.466 e. The molecule has 1 aliphatic rings. The Morgan fingerprint density at radius 1 is 0.889 bits per heavy atom. The zero-order valence-electron chi connectivity index (χ0n) is 20.2. The average Bonchev–Trinajstić information content (AvgIpc) is 2.92. The van der Waals surface area contributed by atoms with Crippen LogP contribution in [0.2, 0.25) is 0 Å². The van der Waals surface area contributed by atoms with E-state index in [1.807, 2.05) is 43.3 Å². The molecular formula is C29H25N3O4. The molecule has 0 saturated carbocycles. The molecular weight excluding hydrogens is 454 g/mol. The number of aryl methyl sites for hydroxylation is 1. The van der Waals surface area contributed by atoms with E-state index in [1.54, 1.807) is 36.4 Å². The Bertz CT molecular complexity index is 1420. The topological polar surface area (TPSA) is 106 Å². The lowest BCUT2D eigenvalue weighted by Gasteiger charge is -2.36. The standard InChI is InChI=1S/C29H25N3O4/c1-18-8-7-11-21(16-18)19-12-14-22(15-13-19)32-26(29(34)36-3)25(28(33)35-2)24(23(17-30)27(32)31)20-9-5-4-6-10-20/h4-16,24H,31H2,1-3H3. The molecule has 1 atom stereocenters. The molecule has 0 fully saturated rings. The van der Waals surface area contributed by atoms with Crippen LogP contribution in [0.15, 0.2) is 102 Å². The number of hydrogen-bond donors (Lipinski definition) is 1. The minimum atomic E-state index is -0.902. The number of ether oxygens (including phenoxy) is 2. The van der Waals surface area contributed by atoms with Crippen molar-refractivity contribution in [3.05, 3.63) is 113 Å². The number of nitrogens with zero attached hydrogens (tertiary/aromatic N) is 2. The summed E-state index contributed by atoms with van der Waals surface area (Å²) in [6.07, 6.45) is 0. The molecule has 36 heavy (non-hydrogen) atoms. The summed E-state index contributed by atoms with van der Waals surface area (Å²) in [5.41, 5.74) is 10.8. The van der Waals surface area contributed by atoms with E-state index in [0.29, 0.717) is 11.3 Å². The Morgan fingerprint density at radius 2 is 1.56 bits per heavy atom. The predicted molar refractivity (Wildman–Crippen MR) is 136 cm³/mol. The zero-order chi connectivity index (χ0) is 25.8. The van der Waals surface area contributed by atoms with Gasteiger partial charge in [0.15, 0.2) is 0 Å². The summed E-state index contributed by atoms with van der Waals surface area (Å²) in [5.74, 6) is -2.41. The van der Waals surface area contributed by atoms with Gasteiger partial charge in [0.1, 0.15) is 11.5 Å². The molecule has 0 radical (unpaired) electrons. The van der Waals surface area contributed by atoms with E-state index < -0.39 is 17.9 Å². The van der Waals surface area contributed by atoms with Crippen LogP contribution in [0.5, 0.6) is 0 Å². The van der Waals surface area contributed by atoms with Gasteiger partial charge in [-0.3, -0.25) is 4.90 Å². The molecule has 1 unspecified atom stereocenters. The molecule has 7 heteroatoms. The molecule has 0 aromatic heterocycles. The first kappa shape index (κ1) is 24.3. The van der Waals surface area contributed by atoms with Crippen molar-refractivity contribution >= 4 is 17.6 Å². The third kappa shape index (κ3) is 4.32. The van der Waals surface area contributed by atoms with Crippen molar-refractivity contribution in [1.29, 1.82) is 5.26 Å². The van der Waals surface area contributed by atoms with Crippen LogP contribution in [0.3, 0.4) is 0 Å². The molecule has 4 rings (SSSR count). The number of rotatable bonds is 5. The smallest absolute Gasteiger partial charge is 0.355 e. The second-order valence-corrected chi connectivity index (χ2v) is 8.25. The molecule has 0 amide bonds. The van der Waals surface area contributed by atoms with E-state index in [0.717, 1.165) is 16.7 Å². The minimum absolute atomic E-state index is 0.0240. The van der Waals surface area contributed by atoms with E-state index in [2.05, 4.69) is 12.1 Å². The first-order chi connectivity index (χ1) is 17.4. The number of benzene rings is 3. The van der Waals surface area contributed by atoms with Crippen LogP contribution >= 0.6 is 0 Å². The van der Waals surface area contributed by atoms with Gasteiger partial charge in [-0.05, 0) is 35.7 Å². The number of esters is 2. The van der Waals surface area contributed by atoms with Gasteiger partial charge in [-0.2, -0.15) is 5.26 Å². The molecule has 0 bridgehead atoms. The maximum Gasteiger partial charge on any atom is 0.355 e. The largest absolute Gasteiger partial charge is 0.466 e. The van der Waals surface area contributed by atoms with Gasteiger partial charge in [0.05, 0.1) is 37.4 Å². The summed E-state index contributed by atoms with van der Waals surface area (Å²) < 4.78 is 10.1. The van der Waals surface area contributed by atoms with Gasteiger partial charge >= 0.3 is 11.9 Å². The van der Waals surface area contributed by atoms with Crippen molar-refractivity contribution in [3.63, 3.8) is 0 Å². The monoisotopic (exact) mass is 479 g/mol. The summed E-state index contributed by atoms with van der Waals surface area (Å²) in [6, 6.07) is 26.5. The van der Waals surface area contributed by atoms with E-state index in [9.17, 15) is 14.9 Å². The molecule has 1 aliphatic heterocycles. The van der Waals surface area contributed by atoms with Gasteiger partial charge in [-0.25, -0.2) is 9.59 Å². The third-order valence-corrected chi connectivity index (χ3v) is 6.09. The highest BCUT2D eigenvalue weighted by Gasteiger charge is 2.42. The maximum absolute atomic E-state index is 13.1. The molecule has 0 spiro atoms.